The van der Waals surface area contributed by atoms with Crippen molar-refractivity contribution < 1.29 is 0 Å². The summed E-state index contributed by atoms with van der Waals surface area (Å²) < 4.78 is 0. The minimum Gasteiger partial charge on any atom is -0.0622 e. The van der Waals surface area contributed by atoms with Crippen LogP contribution in [0.15, 0.2) is 194 Å². The van der Waals surface area contributed by atoms with E-state index in [4.69, 9.17) is 0 Å². The fourth-order valence-corrected chi connectivity index (χ4v) is 9.68. The van der Waals surface area contributed by atoms with Gasteiger partial charge in [0.05, 0.1) is 0 Å². The van der Waals surface area contributed by atoms with Gasteiger partial charge in [-0.25, -0.2) is 0 Å². The Morgan fingerprint density at radius 2 is 0.855 bits per heavy atom. The van der Waals surface area contributed by atoms with E-state index in [1.54, 1.807) is 0 Å². The Balaban J connectivity index is 1.30. The highest BCUT2D eigenvalue weighted by Crippen LogP contribution is 2.53. The molecule has 0 bridgehead atoms. The third-order valence-electron chi connectivity index (χ3n) is 12.3. The van der Waals surface area contributed by atoms with Gasteiger partial charge in [0.2, 0.25) is 0 Å². The van der Waals surface area contributed by atoms with Gasteiger partial charge in [0, 0.05) is 5.41 Å². The van der Waals surface area contributed by atoms with Crippen LogP contribution in [0.25, 0.3) is 98.7 Å². The number of benzene rings is 10. The Morgan fingerprint density at radius 3 is 1.67 bits per heavy atom. The van der Waals surface area contributed by atoms with Gasteiger partial charge >= 0.3 is 0 Å². The number of hydrogen-bond acceptors (Lipinski definition) is 0. The van der Waals surface area contributed by atoms with E-state index < -0.39 is 0 Å². The van der Waals surface area contributed by atoms with Crippen LogP contribution in [-0.2, 0) is 5.41 Å². The lowest BCUT2D eigenvalue weighted by Gasteiger charge is -2.23. The molecular formula is C55H38. The number of fused-ring (bicyclic) bond motifs is 7. The van der Waals surface area contributed by atoms with Crippen molar-refractivity contribution in [3.63, 3.8) is 0 Å². The van der Waals surface area contributed by atoms with Gasteiger partial charge in [-0.1, -0.05) is 196 Å². The molecule has 0 radical (unpaired) electrons. The van der Waals surface area contributed by atoms with E-state index in [1.807, 2.05) is 0 Å². The molecule has 0 saturated carbocycles. The summed E-state index contributed by atoms with van der Waals surface area (Å²) in [5.74, 6) is 0. The number of hydrogen-bond donors (Lipinski definition) is 0. The van der Waals surface area contributed by atoms with Gasteiger partial charge in [-0.15, -0.1) is 0 Å². The molecule has 10 aromatic carbocycles. The fourth-order valence-electron chi connectivity index (χ4n) is 9.68. The molecule has 0 heterocycles. The van der Waals surface area contributed by atoms with E-state index in [0.717, 1.165) is 0 Å². The summed E-state index contributed by atoms with van der Waals surface area (Å²) in [5.41, 5.74) is 15.4. The zero-order valence-electron chi connectivity index (χ0n) is 31.0. The van der Waals surface area contributed by atoms with Crippen molar-refractivity contribution in [3.8, 4) is 55.6 Å². The number of rotatable bonds is 4. The van der Waals surface area contributed by atoms with Crippen LogP contribution in [0.3, 0.4) is 0 Å². The second-order valence-electron chi connectivity index (χ2n) is 15.6. The first-order valence-corrected chi connectivity index (χ1v) is 19.4. The average Bonchev–Trinajstić information content (AvgIpc) is 3.47. The lowest BCUT2D eigenvalue weighted by atomic mass is 9.80. The molecule has 1 aliphatic rings. The lowest BCUT2D eigenvalue weighted by molar-refractivity contribution is 0.660. The summed E-state index contributed by atoms with van der Waals surface area (Å²) in [7, 11) is 0. The molecule has 0 fully saturated rings. The van der Waals surface area contributed by atoms with Crippen LogP contribution in [0.5, 0.6) is 0 Å². The predicted molar refractivity (Wildman–Crippen MR) is 236 cm³/mol. The molecule has 0 spiro atoms. The lowest BCUT2D eigenvalue weighted by Crippen LogP contribution is -2.14. The van der Waals surface area contributed by atoms with Crippen LogP contribution in [-0.4, -0.2) is 0 Å². The molecule has 0 aromatic heterocycles. The Bertz CT molecular complexity index is 3160. The first-order valence-electron chi connectivity index (χ1n) is 19.4. The highest BCUT2D eigenvalue weighted by molar-refractivity contribution is 6.26. The van der Waals surface area contributed by atoms with E-state index in [2.05, 4.69) is 208 Å². The molecule has 0 atom stereocenters. The molecule has 10 aromatic rings. The maximum absolute atomic E-state index is 2.47. The molecule has 55 heavy (non-hydrogen) atoms. The van der Waals surface area contributed by atoms with Crippen molar-refractivity contribution in [3.05, 3.63) is 205 Å². The van der Waals surface area contributed by atoms with Gasteiger partial charge in [-0.3, -0.25) is 0 Å². The van der Waals surface area contributed by atoms with Crippen LogP contribution in [0.4, 0.5) is 0 Å². The van der Waals surface area contributed by atoms with Crippen molar-refractivity contribution >= 4 is 43.1 Å². The van der Waals surface area contributed by atoms with Gasteiger partial charge in [0.15, 0.2) is 0 Å². The summed E-state index contributed by atoms with van der Waals surface area (Å²) >= 11 is 0. The molecule has 0 aliphatic heterocycles. The van der Waals surface area contributed by atoms with Gasteiger partial charge in [-0.2, -0.15) is 0 Å². The third-order valence-corrected chi connectivity index (χ3v) is 12.3. The minimum atomic E-state index is -0.0534. The normalized spacial score (nSPS) is 13.1. The minimum absolute atomic E-state index is 0.0534. The van der Waals surface area contributed by atoms with Gasteiger partial charge < -0.3 is 0 Å². The first-order chi connectivity index (χ1) is 27.1. The highest BCUT2D eigenvalue weighted by Gasteiger charge is 2.35. The van der Waals surface area contributed by atoms with E-state index in [0.29, 0.717) is 0 Å². The molecule has 258 valence electrons. The van der Waals surface area contributed by atoms with E-state index in [1.165, 1.54) is 110 Å². The van der Waals surface area contributed by atoms with Crippen LogP contribution >= 0.6 is 0 Å². The maximum atomic E-state index is 2.47. The van der Waals surface area contributed by atoms with Crippen molar-refractivity contribution in [2.45, 2.75) is 19.3 Å². The van der Waals surface area contributed by atoms with Gasteiger partial charge in [0.25, 0.3) is 0 Å². The topological polar surface area (TPSA) is 0 Å². The van der Waals surface area contributed by atoms with Crippen molar-refractivity contribution in [2.24, 2.45) is 0 Å². The molecular weight excluding hydrogens is 661 g/mol. The largest absolute Gasteiger partial charge is 0.0622 e. The van der Waals surface area contributed by atoms with E-state index in [-0.39, 0.29) is 5.41 Å². The van der Waals surface area contributed by atoms with E-state index in [9.17, 15) is 0 Å². The second kappa shape index (κ2) is 12.1. The van der Waals surface area contributed by atoms with Crippen molar-refractivity contribution in [1.29, 1.82) is 0 Å². The van der Waals surface area contributed by atoms with Gasteiger partial charge in [-0.05, 0) is 122 Å². The van der Waals surface area contributed by atoms with Crippen LogP contribution in [0.1, 0.15) is 25.0 Å². The molecule has 0 amide bonds. The molecule has 1 aliphatic carbocycles. The van der Waals surface area contributed by atoms with Crippen LogP contribution < -0.4 is 0 Å². The maximum Gasteiger partial charge on any atom is 0.0158 e. The molecule has 0 N–H and O–H groups in total. The van der Waals surface area contributed by atoms with E-state index >= 15 is 0 Å². The fraction of sp³-hybridized carbons (Fsp3) is 0.0545. The Hall–Kier alpha value is -6.76. The molecule has 0 nitrogen and oxygen atoms in total. The van der Waals surface area contributed by atoms with Crippen LogP contribution in [0.2, 0.25) is 0 Å². The monoisotopic (exact) mass is 698 g/mol. The van der Waals surface area contributed by atoms with Gasteiger partial charge in [0.1, 0.15) is 0 Å². The third kappa shape index (κ3) is 4.78. The zero-order chi connectivity index (χ0) is 36.7. The summed E-state index contributed by atoms with van der Waals surface area (Å²) in [6.45, 7) is 4.73. The SMILES string of the molecule is CC1(C)c2ccccc2-c2cc(-c3c4ccccc4c(-c4c(-c5ccccc5)ccc5ccccc45)c4ccc(-c5cccc6ccccc56)cc34)ccc21. The Labute approximate surface area is 322 Å². The Morgan fingerprint density at radius 1 is 0.273 bits per heavy atom. The van der Waals surface area contributed by atoms with Crippen LogP contribution in [0, 0.1) is 0 Å². The standard InChI is InChI=1S/C55H38/c1-55(2)50-26-13-12-22-44(50)48-34-39(29-32-51(48)55)52-45-23-10-11-24-46(45)54(53-42-21-9-7-18-37(42)27-30-43(53)36-15-4-3-5-16-36)47-31-28-38(33-49(47)52)41-25-14-19-35-17-6-8-20-40(35)41/h3-34H,1-2H3. The summed E-state index contributed by atoms with van der Waals surface area (Å²) in [5, 5.41) is 10.1. The Kier molecular flexibility index (Phi) is 7.00. The quantitative estimate of drug-likeness (QED) is 0.161. The summed E-state index contributed by atoms with van der Waals surface area (Å²) in [4.78, 5) is 0. The zero-order valence-corrected chi connectivity index (χ0v) is 31.0. The molecule has 0 heteroatoms. The smallest absolute Gasteiger partial charge is 0.0158 e. The first kappa shape index (κ1) is 31.7. The molecule has 11 rings (SSSR count). The van der Waals surface area contributed by atoms with Crippen molar-refractivity contribution in [2.75, 3.05) is 0 Å². The second-order valence-corrected chi connectivity index (χ2v) is 15.6. The van der Waals surface area contributed by atoms with Crippen molar-refractivity contribution in [1.82, 2.24) is 0 Å². The predicted octanol–water partition coefficient (Wildman–Crippen LogP) is 15.3. The molecule has 0 unspecified atom stereocenters. The molecule has 0 saturated heterocycles. The highest BCUT2D eigenvalue weighted by atomic mass is 14.4. The summed E-state index contributed by atoms with van der Waals surface area (Å²) in [6, 6.07) is 72.4. The average molecular weight is 699 g/mol. The summed E-state index contributed by atoms with van der Waals surface area (Å²) in [6.07, 6.45) is 0.